The van der Waals surface area contributed by atoms with Crippen LogP contribution in [0.15, 0.2) is 47.4 Å². The van der Waals surface area contributed by atoms with Gasteiger partial charge < -0.3 is 15.0 Å². The van der Waals surface area contributed by atoms with Crippen LogP contribution in [-0.4, -0.2) is 33.5 Å². The van der Waals surface area contributed by atoms with E-state index >= 15 is 0 Å². The molecule has 3 atom stereocenters. The van der Waals surface area contributed by atoms with E-state index in [9.17, 15) is 14.7 Å². The third-order valence-corrected chi connectivity index (χ3v) is 6.33. The van der Waals surface area contributed by atoms with E-state index < -0.39 is 11.2 Å². The monoisotopic (exact) mass is 386 g/mol. The Morgan fingerprint density at radius 2 is 1.96 bits per heavy atom. The third-order valence-electron chi connectivity index (χ3n) is 6.11. The first-order chi connectivity index (χ1) is 13.0. The second-order valence-electron chi connectivity index (χ2n) is 7.56. The number of aromatic amines is 1. The molecule has 27 heavy (non-hydrogen) atoms. The molecule has 2 N–H and O–H groups in total. The van der Waals surface area contributed by atoms with Crippen LogP contribution in [0.4, 0.5) is 0 Å². The van der Waals surface area contributed by atoms with Gasteiger partial charge in [0.05, 0.1) is 10.6 Å². The number of piperidine rings is 1. The van der Waals surface area contributed by atoms with E-state index in [1.165, 1.54) is 12.3 Å². The lowest BCUT2D eigenvalue weighted by Crippen LogP contribution is -2.59. The minimum atomic E-state index is -0.941. The lowest BCUT2D eigenvalue weighted by molar-refractivity contribution is -0.110. The molecule has 1 saturated carbocycles. The van der Waals surface area contributed by atoms with Crippen LogP contribution in [-0.2, 0) is 5.60 Å². The SMILES string of the molecule is O=C(c1cc(Cl)c[nH]c1=O)N1CC[C@@](O)(c2ccccc2)[C@@H]2CCCCC21. The maximum absolute atomic E-state index is 13.1. The number of amides is 1. The molecule has 1 aliphatic carbocycles. The second-order valence-corrected chi connectivity index (χ2v) is 7.99. The number of fused-ring (bicyclic) bond motifs is 1. The fraction of sp³-hybridized carbons (Fsp3) is 0.429. The number of nitrogens with one attached hydrogen (secondary N) is 1. The van der Waals surface area contributed by atoms with Gasteiger partial charge in [0.2, 0.25) is 0 Å². The van der Waals surface area contributed by atoms with Crippen molar-refractivity contribution >= 4 is 17.5 Å². The number of halogens is 1. The fourth-order valence-electron chi connectivity index (χ4n) is 4.79. The number of carbonyl (C=O) groups excluding carboxylic acids is 1. The highest BCUT2D eigenvalue weighted by Crippen LogP contribution is 2.47. The van der Waals surface area contributed by atoms with E-state index in [-0.39, 0.29) is 23.4 Å². The van der Waals surface area contributed by atoms with Crippen molar-refractivity contribution in [1.29, 1.82) is 0 Å². The van der Waals surface area contributed by atoms with Crippen LogP contribution in [0, 0.1) is 5.92 Å². The molecule has 2 aromatic rings. The summed E-state index contributed by atoms with van der Waals surface area (Å²) in [6, 6.07) is 11.1. The van der Waals surface area contributed by atoms with Gasteiger partial charge in [0.15, 0.2) is 0 Å². The summed E-state index contributed by atoms with van der Waals surface area (Å²) < 4.78 is 0. The van der Waals surface area contributed by atoms with Gasteiger partial charge in [-0.1, -0.05) is 54.8 Å². The lowest BCUT2D eigenvalue weighted by Gasteiger charge is -2.52. The Morgan fingerprint density at radius 1 is 1.22 bits per heavy atom. The molecular weight excluding hydrogens is 364 g/mol. The summed E-state index contributed by atoms with van der Waals surface area (Å²) in [5, 5.41) is 11.9. The minimum absolute atomic E-state index is 0.0374. The highest BCUT2D eigenvalue weighted by atomic mass is 35.5. The van der Waals surface area contributed by atoms with Crippen LogP contribution in [0.5, 0.6) is 0 Å². The number of H-pyrrole nitrogens is 1. The summed E-state index contributed by atoms with van der Waals surface area (Å²) in [4.78, 5) is 29.6. The van der Waals surface area contributed by atoms with Gasteiger partial charge >= 0.3 is 0 Å². The number of hydrogen-bond acceptors (Lipinski definition) is 3. The zero-order valence-electron chi connectivity index (χ0n) is 15.0. The smallest absolute Gasteiger partial charge is 0.260 e. The molecule has 0 spiro atoms. The summed E-state index contributed by atoms with van der Waals surface area (Å²) in [6.45, 7) is 0.414. The highest BCUT2D eigenvalue weighted by molar-refractivity contribution is 6.30. The van der Waals surface area contributed by atoms with Crippen molar-refractivity contribution in [2.45, 2.75) is 43.7 Å². The van der Waals surface area contributed by atoms with E-state index in [0.717, 1.165) is 31.2 Å². The van der Waals surface area contributed by atoms with E-state index in [4.69, 9.17) is 11.6 Å². The average molecular weight is 387 g/mol. The first-order valence-electron chi connectivity index (χ1n) is 9.48. The number of rotatable bonds is 2. The highest BCUT2D eigenvalue weighted by Gasteiger charge is 2.50. The van der Waals surface area contributed by atoms with Crippen molar-refractivity contribution in [2.75, 3.05) is 6.54 Å². The molecule has 142 valence electrons. The first kappa shape index (κ1) is 18.3. The Morgan fingerprint density at radius 3 is 2.74 bits per heavy atom. The van der Waals surface area contributed by atoms with Crippen molar-refractivity contribution in [3.05, 3.63) is 69.1 Å². The van der Waals surface area contributed by atoms with Crippen molar-refractivity contribution in [2.24, 2.45) is 5.92 Å². The van der Waals surface area contributed by atoms with Gasteiger partial charge in [-0.15, -0.1) is 0 Å². The van der Waals surface area contributed by atoms with E-state index in [1.54, 1.807) is 4.90 Å². The molecule has 0 bridgehead atoms. The molecule has 6 heteroatoms. The number of aliphatic hydroxyl groups is 1. The summed E-state index contributed by atoms with van der Waals surface area (Å²) in [5.74, 6) is -0.338. The Hall–Kier alpha value is -2.11. The number of aromatic nitrogens is 1. The van der Waals surface area contributed by atoms with Crippen LogP contribution < -0.4 is 5.56 Å². The second kappa shape index (κ2) is 7.13. The molecule has 0 radical (unpaired) electrons. The van der Waals surface area contributed by atoms with Crippen molar-refractivity contribution in [3.8, 4) is 0 Å². The summed E-state index contributed by atoms with van der Waals surface area (Å²) in [7, 11) is 0. The number of benzene rings is 1. The van der Waals surface area contributed by atoms with Crippen LogP contribution in [0.1, 0.15) is 48.0 Å². The van der Waals surface area contributed by atoms with Gasteiger partial charge in [-0.2, -0.15) is 0 Å². The van der Waals surface area contributed by atoms with Gasteiger partial charge in [0.25, 0.3) is 11.5 Å². The Labute approximate surface area is 163 Å². The molecular formula is C21H23ClN2O3. The molecule has 1 amide bonds. The van der Waals surface area contributed by atoms with Gasteiger partial charge in [0, 0.05) is 24.7 Å². The molecule has 5 nitrogen and oxygen atoms in total. The van der Waals surface area contributed by atoms with Crippen LogP contribution >= 0.6 is 11.6 Å². The lowest BCUT2D eigenvalue weighted by atomic mass is 9.66. The predicted molar refractivity (Wildman–Crippen MR) is 104 cm³/mol. The number of pyridine rings is 1. The normalized spacial score (nSPS) is 27.9. The van der Waals surface area contributed by atoms with E-state index in [2.05, 4.69) is 4.98 Å². The maximum atomic E-state index is 13.1. The zero-order valence-corrected chi connectivity index (χ0v) is 15.8. The predicted octanol–water partition coefficient (Wildman–Crippen LogP) is 3.32. The topological polar surface area (TPSA) is 73.4 Å². The Kier molecular flexibility index (Phi) is 4.82. The molecule has 4 rings (SSSR count). The minimum Gasteiger partial charge on any atom is -0.385 e. The number of nitrogens with zero attached hydrogens (tertiary/aromatic N) is 1. The third kappa shape index (κ3) is 3.19. The standard InChI is InChI=1S/C21H23ClN2O3/c22-15-12-16(19(25)23-13-15)20(26)24-11-10-21(27,14-6-2-1-3-7-14)17-8-4-5-9-18(17)24/h1-3,6-7,12-13,17-18,27H,4-5,8-11H2,(H,23,25)/t17-,18?,21-/m1/s1. The maximum Gasteiger partial charge on any atom is 0.260 e. The first-order valence-corrected chi connectivity index (χ1v) is 9.85. The number of likely N-dealkylation sites (tertiary alicyclic amines) is 1. The van der Waals surface area contributed by atoms with E-state index in [1.807, 2.05) is 30.3 Å². The van der Waals surface area contributed by atoms with Gasteiger partial charge in [-0.05, 0) is 30.9 Å². The summed E-state index contributed by atoms with van der Waals surface area (Å²) in [5.41, 5.74) is -0.392. The molecule has 2 heterocycles. The van der Waals surface area contributed by atoms with Crippen molar-refractivity contribution in [3.63, 3.8) is 0 Å². The molecule has 1 aromatic carbocycles. The number of hydrogen-bond donors (Lipinski definition) is 2. The molecule has 2 aliphatic rings. The van der Waals surface area contributed by atoms with Crippen molar-refractivity contribution < 1.29 is 9.90 Å². The van der Waals surface area contributed by atoms with Crippen LogP contribution in [0.3, 0.4) is 0 Å². The molecule has 1 unspecified atom stereocenters. The van der Waals surface area contributed by atoms with E-state index in [0.29, 0.717) is 18.0 Å². The van der Waals surface area contributed by atoms with Crippen molar-refractivity contribution in [1.82, 2.24) is 9.88 Å². The molecule has 1 aliphatic heterocycles. The molecule has 1 aromatic heterocycles. The number of carbonyl (C=O) groups is 1. The van der Waals surface area contributed by atoms with Gasteiger partial charge in [0.1, 0.15) is 5.56 Å². The largest absolute Gasteiger partial charge is 0.385 e. The van der Waals surface area contributed by atoms with Crippen LogP contribution in [0.25, 0.3) is 0 Å². The zero-order chi connectivity index (χ0) is 19.0. The van der Waals surface area contributed by atoms with Gasteiger partial charge in [-0.25, -0.2) is 0 Å². The average Bonchev–Trinajstić information content (AvgIpc) is 2.70. The quantitative estimate of drug-likeness (QED) is 0.831. The molecule has 2 fully saturated rings. The van der Waals surface area contributed by atoms with Gasteiger partial charge in [-0.3, -0.25) is 9.59 Å². The summed E-state index contributed by atoms with van der Waals surface area (Å²) in [6.07, 6.45) is 5.60. The fourth-order valence-corrected chi connectivity index (χ4v) is 4.96. The Bertz CT molecular complexity index is 898. The summed E-state index contributed by atoms with van der Waals surface area (Å²) >= 11 is 5.98. The Balaban J connectivity index is 1.69. The van der Waals surface area contributed by atoms with Crippen LogP contribution in [0.2, 0.25) is 5.02 Å². The molecule has 1 saturated heterocycles.